The number of H-pyrrole nitrogens is 1. The Kier molecular flexibility index (Phi) is 4.52. The molecule has 1 amide bonds. The van der Waals surface area contributed by atoms with Crippen molar-refractivity contribution in [2.24, 2.45) is 0 Å². The summed E-state index contributed by atoms with van der Waals surface area (Å²) in [5.74, 6) is 1.44. The first-order valence-corrected chi connectivity index (χ1v) is 8.90. The monoisotopic (exact) mass is 350 g/mol. The van der Waals surface area contributed by atoms with Crippen LogP contribution in [0.4, 0.5) is 0 Å². The third kappa shape index (κ3) is 3.25. The van der Waals surface area contributed by atoms with E-state index in [-0.39, 0.29) is 18.6 Å². The zero-order valence-corrected chi connectivity index (χ0v) is 14.7. The van der Waals surface area contributed by atoms with Gasteiger partial charge in [-0.05, 0) is 55.2 Å². The number of hydrogen-bond acceptors (Lipinski definition) is 3. The average molecular weight is 350 g/mol. The number of aromatic amines is 1. The maximum absolute atomic E-state index is 12.3. The molecule has 26 heavy (non-hydrogen) atoms. The maximum atomic E-state index is 12.3. The van der Waals surface area contributed by atoms with E-state index in [0.29, 0.717) is 5.75 Å². The first-order chi connectivity index (χ1) is 12.7. The van der Waals surface area contributed by atoms with Crippen molar-refractivity contribution < 1.29 is 14.3 Å². The normalized spacial score (nSPS) is 16.1. The second-order valence-electron chi connectivity index (χ2n) is 6.54. The van der Waals surface area contributed by atoms with Crippen molar-refractivity contribution in [1.82, 2.24) is 10.3 Å². The number of para-hydroxylation sites is 1. The van der Waals surface area contributed by atoms with Gasteiger partial charge in [0.25, 0.3) is 5.91 Å². The van der Waals surface area contributed by atoms with Gasteiger partial charge in [-0.1, -0.05) is 18.2 Å². The topological polar surface area (TPSA) is 63.3 Å². The summed E-state index contributed by atoms with van der Waals surface area (Å²) < 4.78 is 10.9. The summed E-state index contributed by atoms with van der Waals surface area (Å²) in [5.41, 5.74) is 3.46. The van der Waals surface area contributed by atoms with Crippen LogP contribution in [0.3, 0.4) is 0 Å². The first-order valence-electron chi connectivity index (χ1n) is 8.90. The summed E-state index contributed by atoms with van der Waals surface area (Å²) in [6.07, 6.45) is 2.98. The van der Waals surface area contributed by atoms with Gasteiger partial charge in [0.05, 0.1) is 13.2 Å². The van der Waals surface area contributed by atoms with Crippen LogP contribution in [-0.2, 0) is 11.2 Å². The standard InChI is InChI=1S/C21H22N2O3/c1-25-15-10-11-18-17(12-15)16-8-5-9-19(21(16)23-18)22-20(24)13-26-14-6-3-2-4-7-14/h2-4,6-7,10-12,19,23H,5,8-9,13H2,1H3,(H,22,24)/t19-/m0/s1. The highest BCUT2D eigenvalue weighted by molar-refractivity contribution is 5.87. The summed E-state index contributed by atoms with van der Waals surface area (Å²) in [5, 5.41) is 4.29. The van der Waals surface area contributed by atoms with Gasteiger partial charge in [0.15, 0.2) is 6.61 Å². The molecule has 0 unspecified atom stereocenters. The quantitative estimate of drug-likeness (QED) is 0.737. The average Bonchev–Trinajstić information content (AvgIpc) is 3.06. The van der Waals surface area contributed by atoms with Crippen LogP contribution >= 0.6 is 0 Å². The van der Waals surface area contributed by atoms with Crippen LogP contribution in [0.1, 0.15) is 30.1 Å². The fraction of sp³-hybridized carbons (Fsp3) is 0.286. The van der Waals surface area contributed by atoms with Crippen molar-refractivity contribution in [3.05, 3.63) is 59.8 Å². The molecule has 5 heteroatoms. The second kappa shape index (κ2) is 7.12. The predicted molar refractivity (Wildman–Crippen MR) is 101 cm³/mol. The number of amides is 1. The Morgan fingerprint density at radius 3 is 2.85 bits per heavy atom. The van der Waals surface area contributed by atoms with Crippen LogP contribution < -0.4 is 14.8 Å². The lowest BCUT2D eigenvalue weighted by Gasteiger charge is -2.24. The Morgan fingerprint density at radius 1 is 1.19 bits per heavy atom. The number of benzene rings is 2. The highest BCUT2D eigenvalue weighted by Crippen LogP contribution is 2.36. The Balaban J connectivity index is 1.49. The van der Waals surface area contributed by atoms with E-state index in [1.165, 1.54) is 10.9 Å². The number of methoxy groups -OCH3 is 1. The minimum absolute atomic E-state index is 0.0102. The summed E-state index contributed by atoms with van der Waals surface area (Å²) in [6.45, 7) is 0.0178. The summed E-state index contributed by atoms with van der Waals surface area (Å²) in [6, 6.07) is 15.4. The molecular weight excluding hydrogens is 328 g/mol. The molecular formula is C21H22N2O3. The summed E-state index contributed by atoms with van der Waals surface area (Å²) in [7, 11) is 1.68. The van der Waals surface area contributed by atoms with Crippen molar-refractivity contribution >= 4 is 16.8 Å². The molecule has 1 aliphatic rings. The lowest BCUT2D eigenvalue weighted by molar-refractivity contribution is -0.124. The van der Waals surface area contributed by atoms with E-state index in [1.54, 1.807) is 7.11 Å². The zero-order valence-electron chi connectivity index (χ0n) is 14.7. The number of hydrogen-bond donors (Lipinski definition) is 2. The fourth-order valence-electron chi connectivity index (χ4n) is 3.61. The largest absolute Gasteiger partial charge is 0.497 e. The van der Waals surface area contributed by atoms with Crippen LogP contribution in [-0.4, -0.2) is 24.6 Å². The number of fused-ring (bicyclic) bond motifs is 3. The minimum Gasteiger partial charge on any atom is -0.497 e. The van der Waals surface area contributed by atoms with Crippen molar-refractivity contribution in [1.29, 1.82) is 0 Å². The zero-order chi connectivity index (χ0) is 17.9. The number of carbonyl (C=O) groups is 1. The highest BCUT2D eigenvalue weighted by Gasteiger charge is 2.25. The van der Waals surface area contributed by atoms with E-state index < -0.39 is 0 Å². The van der Waals surface area contributed by atoms with E-state index in [1.807, 2.05) is 42.5 Å². The van der Waals surface area contributed by atoms with Crippen LogP contribution in [0.2, 0.25) is 0 Å². The molecule has 0 saturated carbocycles. The molecule has 1 aromatic heterocycles. The van der Waals surface area contributed by atoms with Gasteiger partial charge in [0.2, 0.25) is 0 Å². The van der Waals surface area contributed by atoms with Crippen LogP contribution in [0.25, 0.3) is 10.9 Å². The van der Waals surface area contributed by atoms with Gasteiger partial charge in [0.1, 0.15) is 11.5 Å². The Hall–Kier alpha value is -2.95. The fourth-order valence-corrected chi connectivity index (χ4v) is 3.61. The molecule has 0 bridgehead atoms. The van der Waals surface area contributed by atoms with E-state index in [4.69, 9.17) is 9.47 Å². The van der Waals surface area contributed by atoms with Crippen molar-refractivity contribution in [3.63, 3.8) is 0 Å². The van der Waals surface area contributed by atoms with E-state index in [2.05, 4.69) is 16.4 Å². The van der Waals surface area contributed by atoms with Crippen LogP contribution in [0.15, 0.2) is 48.5 Å². The van der Waals surface area contributed by atoms with Crippen LogP contribution in [0, 0.1) is 0 Å². The molecule has 0 saturated heterocycles. The Labute approximate surface area is 152 Å². The summed E-state index contributed by atoms with van der Waals surface area (Å²) in [4.78, 5) is 15.8. The summed E-state index contributed by atoms with van der Waals surface area (Å²) >= 11 is 0. The smallest absolute Gasteiger partial charge is 0.258 e. The molecule has 0 spiro atoms. The van der Waals surface area contributed by atoms with E-state index in [0.717, 1.165) is 36.2 Å². The van der Waals surface area contributed by atoms with Crippen molar-refractivity contribution in [3.8, 4) is 11.5 Å². The van der Waals surface area contributed by atoms with Gasteiger partial charge in [-0.2, -0.15) is 0 Å². The van der Waals surface area contributed by atoms with E-state index in [9.17, 15) is 4.79 Å². The van der Waals surface area contributed by atoms with Gasteiger partial charge < -0.3 is 19.8 Å². The van der Waals surface area contributed by atoms with Gasteiger partial charge in [-0.3, -0.25) is 4.79 Å². The number of ether oxygens (including phenoxy) is 2. The van der Waals surface area contributed by atoms with Crippen molar-refractivity contribution in [2.75, 3.05) is 13.7 Å². The first kappa shape index (κ1) is 16.5. The lowest BCUT2D eigenvalue weighted by atomic mass is 9.91. The number of aromatic nitrogens is 1. The predicted octanol–water partition coefficient (Wildman–Crippen LogP) is 3.75. The van der Waals surface area contributed by atoms with Gasteiger partial charge >= 0.3 is 0 Å². The molecule has 4 rings (SSSR count). The maximum Gasteiger partial charge on any atom is 0.258 e. The Bertz CT molecular complexity index is 918. The SMILES string of the molecule is COc1ccc2[nH]c3c(c2c1)CCC[C@@H]3NC(=O)COc1ccccc1. The Morgan fingerprint density at radius 2 is 2.04 bits per heavy atom. The number of nitrogens with one attached hydrogen (secondary N) is 2. The van der Waals surface area contributed by atoms with Gasteiger partial charge in [-0.25, -0.2) is 0 Å². The lowest BCUT2D eigenvalue weighted by Crippen LogP contribution is -2.34. The molecule has 1 atom stereocenters. The van der Waals surface area contributed by atoms with Gasteiger partial charge in [-0.15, -0.1) is 0 Å². The molecule has 2 aromatic carbocycles. The molecule has 1 aliphatic carbocycles. The molecule has 2 N–H and O–H groups in total. The second-order valence-corrected chi connectivity index (χ2v) is 6.54. The molecule has 5 nitrogen and oxygen atoms in total. The number of carbonyl (C=O) groups excluding carboxylic acids is 1. The van der Waals surface area contributed by atoms with E-state index >= 15 is 0 Å². The number of aryl methyl sites for hydroxylation is 1. The third-order valence-corrected chi connectivity index (χ3v) is 4.86. The highest BCUT2D eigenvalue weighted by atomic mass is 16.5. The minimum atomic E-state index is -0.108. The molecule has 0 aliphatic heterocycles. The van der Waals surface area contributed by atoms with Gasteiger partial charge in [0, 0.05) is 16.6 Å². The molecule has 0 fully saturated rings. The molecule has 0 radical (unpaired) electrons. The molecule has 3 aromatic rings. The third-order valence-electron chi connectivity index (χ3n) is 4.86. The van der Waals surface area contributed by atoms with Crippen molar-refractivity contribution in [2.45, 2.75) is 25.3 Å². The molecule has 1 heterocycles. The number of rotatable bonds is 5. The molecule has 134 valence electrons. The van der Waals surface area contributed by atoms with Crippen LogP contribution in [0.5, 0.6) is 11.5 Å².